The lowest BCUT2D eigenvalue weighted by Crippen LogP contribution is -2.54. The molecule has 1 N–H and O–H groups in total. The number of pyridine rings is 1. The number of hydrogen-bond donors (Lipinski definition) is 1. The summed E-state index contributed by atoms with van der Waals surface area (Å²) in [5, 5.41) is 22.9. The van der Waals surface area contributed by atoms with Gasteiger partial charge < -0.3 is 19.7 Å². The number of amides is 1. The van der Waals surface area contributed by atoms with Crippen molar-refractivity contribution in [2.24, 2.45) is 0 Å². The van der Waals surface area contributed by atoms with Gasteiger partial charge in [-0.1, -0.05) is 49.0 Å². The molecule has 1 aliphatic rings. The number of nitriles is 2. The maximum atomic E-state index is 12.4. The molecule has 0 bridgehead atoms. The van der Waals surface area contributed by atoms with Crippen molar-refractivity contribution in [2.75, 3.05) is 18.0 Å². The van der Waals surface area contributed by atoms with Crippen LogP contribution in [0.5, 0.6) is 0 Å². The number of alkyl carbamates (subject to hydrolysis) is 1. The van der Waals surface area contributed by atoms with E-state index < -0.39 is 22.5 Å². The molecule has 1 atom stereocenters. The Balaban J connectivity index is 1.91. The molecule has 2 aromatic rings. The molecule has 0 spiro atoms. The van der Waals surface area contributed by atoms with Crippen molar-refractivity contribution in [3.8, 4) is 12.1 Å². The number of carbonyl (C=O) groups is 2. The number of rotatable bonds is 7. The molecule has 1 fully saturated rings. The van der Waals surface area contributed by atoms with Gasteiger partial charge in [-0.3, -0.25) is 0 Å². The lowest BCUT2D eigenvalue weighted by atomic mass is 9.89. The van der Waals surface area contributed by atoms with Crippen molar-refractivity contribution in [1.29, 1.82) is 10.5 Å². The molecule has 2 heterocycles. The first-order valence-corrected chi connectivity index (χ1v) is 13.2. The van der Waals surface area contributed by atoms with Crippen LogP contribution in [-0.4, -0.2) is 41.6 Å². The highest BCUT2D eigenvalue weighted by Crippen LogP contribution is 2.39. The van der Waals surface area contributed by atoms with Crippen LogP contribution in [0.1, 0.15) is 75.0 Å². The second kappa shape index (κ2) is 11.7. The van der Waals surface area contributed by atoms with Gasteiger partial charge in [0, 0.05) is 18.6 Å². The fourth-order valence-electron chi connectivity index (χ4n) is 4.32. The van der Waals surface area contributed by atoms with Crippen LogP contribution in [0.3, 0.4) is 0 Å². The largest absolute Gasteiger partial charge is 0.444 e. The van der Waals surface area contributed by atoms with Crippen molar-refractivity contribution in [1.82, 2.24) is 10.3 Å². The summed E-state index contributed by atoms with van der Waals surface area (Å²) in [4.78, 5) is 31.2. The van der Waals surface area contributed by atoms with Gasteiger partial charge in [-0.25, -0.2) is 9.78 Å². The second-order valence-corrected chi connectivity index (χ2v) is 11.4. The predicted octanol–water partition coefficient (Wildman–Crippen LogP) is 5.30. The van der Waals surface area contributed by atoms with Gasteiger partial charge in [0.1, 0.15) is 34.9 Å². The molecule has 0 aliphatic carbocycles. The third-order valence-electron chi connectivity index (χ3n) is 6.29. The molecule has 1 unspecified atom stereocenters. The van der Waals surface area contributed by atoms with Crippen molar-refractivity contribution in [3.05, 3.63) is 52.6 Å². The highest BCUT2D eigenvalue weighted by atomic mass is 32.2. The zero-order valence-electron chi connectivity index (χ0n) is 22.0. The van der Waals surface area contributed by atoms with E-state index in [0.29, 0.717) is 59.9 Å². The third-order valence-corrected chi connectivity index (χ3v) is 7.44. The smallest absolute Gasteiger partial charge is 0.408 e. The SMILES string of the molecule is CCc1c(C#N)c(SC(C=O)c2ccccc2)nc(N2CCC(C)(NC(=O)OC(C)(C)C)CC2)c1C#N. The number of nitrogens with one attached hydrogen (secondary N) is 1. The van der Waals surface area contributed by atoms with Gasteiger partial charge in [-0.15, -0.1) is 0 Å². The number of aldehydes is 1. The Labute approximate surface area is 223 Å². The molecule has 1 amide bonds. The highest BCUT2D eigenvalue weighted by Gasteiger charge is 2.35. The number of hydrogen-bond acceptors (Lipinski definition) is 8. The standard InChI is InChI=1S/C28H33N5O3S/c1-6-20-21(16-29)24(33-14-12-28(5,13-15-33)32-26(35)36-27(2,3)4)31-25(22(20)17-30)37-23(18-34)19-10-8-7-9-11-19/h7-11,18,23H,6,12-15H2,1-5H3,(H,32,35). The van der Waals surface area contributed by atoms with E-state index in [1.807, 2.05) is 69.9 Å². The van der Waals surface area contributed by atoms with Crippen LogP contribution < -0.4 is 10.2 Å². The minimum atomic E-state index is -0.584. The van der Waals surface area contributed by atoms with Gasteiger partial charge in [0.25, 0.3) is 0 Å². The number of benzene rings is 1. The normalized spacial score (nSPS) is 15.7. The zero-order chi connectivity index (χ0) is 27.2. The number of aromatic nitrogens is 1. The number of carbonyl (C=O) groups excluding carboxylic acids is 2. The van der Waals surface area contributed by atoms with E-state index in [9.17, 15) is 20.1 Å². The van der Waals surface area contributed by atoms with Crippen LogP contribution in [0.25, 0.3) is 0 Å². The van der Waals surface area contributed by atoms with E-state index in [-0.39, 0.29) is 0 Å². The summed E-state index contributed by atoms with van der Waals surface area (Å²) in [7, 11) is 0. The van der Waals surface area contributed by atoms with Crippen molar-refractivity contribution < 1.29 is 14.3 Å². The van der Waals surface area contributed by atoms with E-state index in [2.05, 4.69) is 17.5 Å². The maximum absolute atomic E-state index is 12.4. The topological polar surface area (TPSA) is 119 Å². The molecule has 37 heavy (non-hydrogen) atoms. The molecule has 8 nitrogen and oxygen atoms in total. The molecule has 1 aromatic heterocycles. The first-order chi connectivity index (χ1) is 17.5. The zero-order valence-corrected chi connectivity index (χ0v) is 22.8. The van der Waals surface area contributed by atoms with Crippen molar-refractivity contribution in [3.63, 3.8) is 0 Å². The first kappa shape index (κ1) is 28.0. The fraction of sp³-hybridized carbons (Fsp3) is 0.464. The summed E-state index contributed by atoms with van der Waals surface area (Å²) < 4.78 is 5.43. The Hall–Kier alpha value is -3.56. The number of ether oxygens (including phenoxy) is 1. The minimum Gasteiger partial charge on any atom is -0.444 e. The minimum absolute atomic E-state index is 0.337. The van der Waals surface area contributed by atoms with E-state index >= 15 is 0 Å². The number of thioether (sulfide) groups is 1. The number of anilines is 1. The van der Waals surface area contributed by atoms with Gasteiger partial charge in [-0.05, 0) is 58.1 Å². The number of piperidine rings is 1. The molecule has 194 valence electrons. The summed E-state index contributed by atoms with van der Waals surface area (Å²) in [5.41, 5.74) is 1.13. The first-order valence-electron chi connectivity index (χ1n) is 12.3. The lowest BCUT2D eigenvalue weighted by molar-refractivity contribution is -0.107. The third kappa shape index (κ3) is 6.81. The summed E-state index contributed by atoms with van der Waals surface area (Å²) in [6.07, 6.45) is 2.14. The van der Waals surface area contributed by atoms with E-state index in [4.69, 9.17) is 9.72 Å². The molecule has 0 saturated carbocycles. The van der Waals surface area contributed by atoms with Gasteiger partial charge >= 0.3 is 6.09 Å². The van der Waals surface area contributed by atoms with E-state index in [1.165, 1.54) is 11.8 Å². The summed E-state index contributed by atoms with van der Waals surface area (Å²) in [6, 6.07) is 13.8. The summed E-state index contributed by atoms with van der Waals surface area (Å²) in [6.45, 7) is 10.5. The molecule has 1 saturated heterocycles. The predicted molar refractivity (Wildman–Crippen MR) is 143 cm³/mol. The quantitative estimate of drug-likeness (QED) is 0.386. The molecule has 1 aliphatic heterocycles. The van der Waals surface area contributed by atoms with Gasteiger partial charge in [-0.2, -0.15) is 10.5 Å². The second-order valence-electron chi connectivity index (χ2n) is 10.3. The van der Waals surface area contributed by atoms with E-state index in [0.717, 1.165) is 11.8 Å². The Morgan fingerprint density at radius 1 is 1.22 bits per heavy atom. The Morgan fingerprint density at radius 3 is 2.35 bits per heavy atom. The Kier molecular flexibility index (Phi) is 8.83. The van der Waals surface area contributed by atoms with Gasteiger partial charge in [0.2, 0.25) is 0 Å². The molecular formula is C28H33N5O3S. The van der Waals surface area contributed by atoms with Gasteiger partial charge in [0.05, 0.1) is 16.4 Å². The van der Waals surface area contributed by atoms with Crippen molar-refractivity contribution in [2.45, 2.75) is 75.3 Å². The average Bonchev–Trinajstić information content (AvgIpc) is 2.85. The number of nitrogens with zero attached hydrogens (tertiary/aromatic N) is 4. The van der Waals surface area contributed by atoms with Crippen LogP contribution in [0.4, 0.5) is 10.6 Å². The molecule has 9 heteroatoms. The van der Waals surface area contributed by atoms with Crippen LogP contribution >= 0.6 is 11.8 Å². The fourth-order valence-corrected chi connectivity index (χ4v) is 5.34. The Morgan fingerprint density at radius 2 is 1.84 bits per heavy atom. The maximum Gasteiger partial charge on any atom is 0.408 e. The molecule has 3 rings (SSSR count). The monoisotopic (exact) mass is 519 g/mol. The van der Waals surface area contributed by atoms with Crippen LogP contribution in [0.15, 0.2) is 35.4 Å². The summed E-state index contributed by atoms with van der Waals surface area (Å²) >= 11 is 1.22. The van der Waals surface area contributed by atoms with Crippen LogP contribution in [0, 0.1) is 22.7 Å². The highest BCUT2D eigenvalue weighted by molar-refractivity contribution is 8.00. The van der Waals surface area contributed by atoms with Crippen molar-refractivity contribution >= 4 is 30.0 Å². The summed E-state index contributed by atoms with van der Waals surface area (Å²) in [5.74, 6) is 0.512. The average molecular weight is 520 g/mol. The van der Waals surface area contributed by atoms with E-state index in [1.54, 1.807) is 0 Å². The molecule has 1 aromatic carbocycles. The molecule has 0 radical (unpaired) electrons. The Bertz CT molecular complexity index is 1220. The van der Waals surface area contributed by atoms with Gasteiger partial charge in [0.15, 0.2) is 0 Å². The molecular weight excluding hydrogens is 486 g/mol. The van der Waals surface area contributed by atoms with Crippen LogP contribution in [-0.2, 0) is 16.0 Å². The lowest BCUT2D eigenvalue weighted by Gasteiger charge is -2.41. The van der Waals surface area contributed by atoms with Crippen LogP contribution in [0.2, 0.25) is 0 Å².